The molecule has 2 N–H and O–H groups in total. The zero-order chi connectivity index (χ0) is 22.2. The summed E-state index contributed by atoms with van der Waals surface area (Å²) < 4.78 is 26.5. The van der Waals surface area contributed by atoms with Crippen LogP contribution in [-0.4, -0.2) is 51.7 Å². The number of carbonyl (C=O) groups is 2. The zero-order valence-electron chi connectivity index (χ0n) is 16.0. The van der Waals surface area contributed by atoms with Gasteiger partial charge in [-0.1, -0.05) is 23.7 Å². The molecule has 1 aliphatic rings. The highest BCUT2D eigenvalue weighted by Crippen LogP contribution is 2.27. The number of H-pyrrole nitrogens is 1. The lowest BCUT2D eigenvalue weighted by molar-refractivity contribution is -0.167. The number of benzene rings is 1. The summed E-state index contributed by atoms with van der Waals surface area (Å²) in [6, 6.07) is 10.6. The van der Waals surface area contributed by atoms with Gasteiger partial charge in [-0.05, 0) is 29.8 Å². The molecule has 0 saturated carbocycles. The molecule has 4 rings (SSSR count). The molecule has 0 bridgehead atoms. The van der Waals surface area contributed by atoms with Crippen LogP contribution in [0.5, 0.6) is 0 Å². The standard InChI is InChI=1S/C21H16ClF2N5O2/c22-15-6-14-7-16(27-18(14)26-9-15)19(30)28-17(20(31)29-10-21(23,24)11-29)5-12-1-3-13(8-25)4-2-12/h1-4,6-7,9,17H,5,10-11H2,(H,26,27)(H,28,30). The van der Waals surface area contributed by atoms with E-state index in [1.54, 1.807) is 36.4 Å². The topological polar surface area (TPSA) is 102 Å². The van der Waals surface area contributed by atoms with Crippen molar-refractivity contribution in [2.75, 3.05) is 13.1 Å². The fourth-order valence-corrected chi connectivity index (χ4v) is 3.55. The Morgan fingerprint density at radius 3 is 2.65 bits per heavy atom. The Balaban J connectivity index is 1.55. The number of hydrogen-bond donors (Lipinski definition) is 2. The molecule has 31 heavy (non-hydrogen) atoms. The zero-order valence-corrected chi connectivity index (χ0v) is 16.8. The lowest BCUT2D eigenvalue weighted by Crippen LogP contribution is -2.63. The van der Waals surface area contributed by atoms with Crippen molar-refractivity contribution >= 4 is 34.4 Å². The van der Waals surface area contributed by atoms with Crippen molar-refractivity contribution in [3.8, 4) is 6.07 Å². The molecule has 1 aliphatic heterocycles. The fraction of sp³-hybridized carbons (Fsp3) is 0.238. The Morgan fingerprint density at radius 1 is 1.29 bits per heavy atom. The molecule has 1 saturated heterocycles. The van der Waals surface area contributed by atoms with Gasteiger partial charge in [0.1, 0.15) is 17.4 Å². The van der Waals surface area contributed by atoms with Crippen LogP contribution in [0.15, 0.2) is 42.6 Å². The second kappa shape index (κ2) is 7.96. The molecule has 158 valence electrons. The van der Waals surface area contributed by atoms with Gasteiger partial charge in [-0.2, -0.15) is 5.26 Å². The van der Waals surface area contributed by atoms with Crippen molar-refractivity contribution in [3.63, 3.8) is 0 Å². The quantitative estimate of drug-likeness (QED) is 0.633. The number of nitriles is 1. The monoisotopic (exact) mass is 443 g/mol. The van der Waals surface area contributed by atoms with Gasteiger partial charge < -0.3 is 15.2 Å². The first kappa shape index (κ1) is 20.8. The molecule has 0 radical (unpaired) electrons. The maximum absolute atomic E-state index is 13.3. The summed E-state index contributed by atoms with van der Waals surface area (Å²) in [7, 11) is 0. The first-order valence-corrected chi connectivity index (χ1v) is 9.73. The van der Waals surface area contributed by atoms with E-state index in [0.717, 1.165) is 4.90 Å². The van der Waals surface area contributed by atoms with Gasteiger partial charge in [0.2, 0.25) is 5.91 Å². The Bertz CT molecular complexity index is 1190. The smallest absolute Gasteiger partial charge is 0.282 e. The predicted molar refractivity (Wildman–Crippen MR) is 109 cm³/mol. The normalized spacial score (nSPS) is 15.7. The number of hydrogen-bond acceptors (Lipinski definition) is 4. The number of halogens is 3. The Morgan fingerprint density at radius 2 is 2.00 bits per heavy atom. The number of alkyl halides is 2. The highest BCUT2D eigenvalue weighted by molar-refractivity contribution is 6.31. The van der Waals surface area contributed by atoms with E-state index in [1.807, 2.05) is 6.07 Å². The minimum atomic E-state index is -2.92. The van der Waals surface area contributed by atoms with Gasteiger partial charge in [-0.25, -0.2) is 13.8 Å². The van der Waals surface area contributed by atoms with Gasteiger partial charge in [0.15, 0.2) is 0 Å². The van der Waals surface area contributed by atoms with E-state index in [4.69, 9.17) is 16.9 Å². The van der Waals surface area contributed by atoms with Crippen LogP contribution in [0, 0.1) is 11.3 Å². The molecule has 7 nitrogen and oxygen atoms in total. The first-order valence-electron chi connectivity index (χ1n) is 9.35. The van der Waals surface area contributed by atoms with Crippen molar-refractivity contribution in [1.82, 2.24) is 20.2 Å². The molecule has 2 aromatic heterocycles. The number of aromatic amines is 1. The molecule has 1 aromatic carbocycles. The number of nitrogens with zero attached hydrogens (tertiary/aromatic N) is 3. The number of rotatable bonds is 5. The van der Waals surface area contributed by atoms with Crippen molar-refractivity contribution in [1.29, 1.82) is 5.26 Å². The van der Waals surface area contributed by atoms with E-state index < -0.39 is 36.9 Å². The van der Waals surface area contributed by atoms with Crippen LogP contribution in [-0.2, 0) is 11.2 Å². The van der Waals surface area contributed by atoms with E-state index >= 15 is 0 Å². The van der Waals surface area contributed by atoms with Crippen molar-refractivity contribution in [2.24, 2.45) is 0 Å². The van der Waals surface area contributed by atoms with Gasteiger partial charge in [-0.15, -0.1) is 0 Å². The number of pyridine rings is 1. The molecule has 3 aromatic rings. The molecule has 3 heterocycles. The highest BCUT2D eigenvalue weighted by Gasteiger charge is 2.47. The summed E-state index contributed by atoms with van der Waals surface area (Å²) in [6.07, 6.45) is 1.52. The molecule has 2 amide bonds. The van der Waals surface area contributed by atoms with Gasteiger partial charge in [0.05, 0.1) is 29.7 Å². The van der Waals surface area contributed by atoms with E-state index in [9.17, 15) is 18.4 Å². The summed E-state index contributed by atoms with van der Waals surface area (Å²) in [5.74, 6) is -4.09. The summed E-state index contributed by atoms with van der Waals surface area (Å²) in [5, 5.41) is 12.6. The Kier molecular flexibility index (Phi) is 5.33. The number of amides is 2. The Labute approximate surface area is 180 Å². The number of aromatic nitrogens is 2. The van der Waals surface area contributed by atoms with Crippen LogP contribution >= 0.6 is 11.6 Å². The average molecular weight is 444 g/mol. The number of nitrogens with one attached hydrogen (secondary N) is 2. The minimum Gasteiger partial charge on any atom is -0.339 e. The average Bonchev–Trinajstić information content (AvgIpc) is 3.14. The molecule has 0 spiro atoms. The van der Waals surface area contributed by atoms with Crippen molar-refractivity contribution < 1.29 is 18.4 Å². The summed E-state index contributed by atoms with van der Waals surface area (Å²) in [6.45, 7) is -1.36. The third-order valence-electron chi connectivity index (χ3n) is 4.96. The van der Waals surface area contributed by atoms with Crippen molar-refractivity contribution in [2.45, 2.75) is 18.4 Å². The van der Waals surface area contributed by atoms with E-state index in [0.29, 0.717) is 27.2 Å². The summed E-state index contributed by atoms with van der Waals surface area (Å²) in [5.41, 5.74) is 1.74. The van der Waals surface area contributed by atoms with Gasteiger partial charge in [-0.3, -0.25) is 9.59 Å². The number of carbonyl (C=O) groups excluding carboxylic acids is 2. The molecule has 1 fully saturated rings. The second-order valence-electron chi connectivity index (χ2n) is 7.36. The van der Waals surface area contributed by atoms with Gasteiger partial charge >= 0.3 is 0 Å². The van der Waals surface area contributed by atoms with Gasteiger partial charge in [0, 0.05) is 18.0 Å². The number of fused-ring (bicyclic) bond motifs is 1. The highest BCUT2D eigenvalue weighted by atomic mass is 35.5. The molecular weight excluding hydrogens is 428 g/mol. The Hall–Kier alpha value is -3.51. The van der Waals surface area contributed by atoms with Crippen molar-refractivity contribution in [3.05, 3.63) is 64.4 Å². The summed E-state index contributed by atoms with van der Waals surface area (Å²) >= 11 is 5.92. The number of likely N-dealkylation sites (tertiary alicyclic amines) is 1. The molecule has 1 atom stereocenters. The van der Waals surface area contributed by atoms with Crippen LogP contribution < -0.4 is 5.32 Å². The lowest BCUT2D eigenvalue weighted by atomic mass is 10.0. The third-order valence-corrected chi connectivity index (χ3v) is 5.17. The molecule has 10 heteroatoms. The van der Waals surface area contributed by atoms with Crippen LogP contribution in [0.2, 0.25) is 5.02 Å². The summed E-state index contributed by atoms with van der Waals surface area (Å²) in [4.78, 5) is 33.6. The maximum atomic E-state index is 13.3. The fourth-order valence-electron chi connectivity index (χ4n) is 3.39. The molecule has 0 aliphatic carbocycles. The van der Waals surface area contributed by atoms with Crippen LogP contribution in [0.4, 0.5) is 8.78 Å². The van der Waals surface area contributed by atoms with E-state index in [2.05, 4.69) is 15.3 Å². The largest absolute Gasteiger partial charge is 0.339 e. The van der Waals surface area contributed by atoms with Crippen LogP contribution in [0.3, 0.4) is 0 Å². The molecular formula is C21H16ClF2N5O2. The van der Waals surface area contributed by atoms with Gasteiger partial charge in [0.25, 0.3) is 11.8 Å². The van der Waals surface area contributed by atoms with E-state index in [-0.39, 0.29) is 12.1 Å². The predicted octanol–water partition coefficient (Wildman–Crippen LogP) is 2.91. The van der Waals surface area contributed by atoms with Crippen LogP contribution in [0.25, 0.3) is 11.0 Å². The maximum Gasteiger partial charge on any atom is 0.282 e. The second-order valence-corrected chi connectivity index (χ2v) is 7.80. The lowest BCUT2D eigenvalue weighted by Gasteiger charge is -2.40. The third kappa shape index (κ3) is 4.49. The van der Waals surface area contributed by atoms with Crippen LogP contribution in [0.1, 0.15) is 21.6 Å². The minimum absolute atomic E-state index is 0.0860. The van der Waals surface area contributed by atoms with E-state index in [1.165, 1.54) is 6.20 Å². The molecule has 1 unspecified atom stereocenters. The SMILES string of the molecule is N#Cc1ccc(CC(NC(=O)c2cc3cc(Cl)cnc3[nH]2)C(=O)N2CC(F)(F)C2)cc1. The first-order chi connectivity index (χ1) is 14.7.